The van der Waals surface area contributed by atoms with Gasteiger partial charge in [0.2, 0.25) is 0 Å². The summed E-state index contributed by atoms with van der Waals surface area (Å²) in [6.45, 7) is 2.97. The molecule has 0 unspecified atom stereocenters. The minimum absolute atomic E-state index is 0.0528. The number of aromatic nitrogens is 1. The lowest BCUT2D eigenvalue weighted by atomic mass is 10.3. The van der Waals surface area contributed by atoms with Crippen molar-refractivity contribution in [3.8, 4) is 0 Å². The highest BCUT2D eigenvalue weighted by molar-refractivity contribution is 7.10. The van der Waals surface area contributed by atoms with E-state index in [2.05, 4.69) is 4.37 Å². The van der Waals surface area contributed by atoms with Gasteiger partial charge in [-0.25, -0.2) is 0 Å². The maximum absolute atomic E-state index is 8.85. The van der Waals surface area contributed by atoms with E-state index in [1.165, 1.54) is 11.5 Å². The van der Waals surface area contributed by atoms with Crippen LogP contribution in [-0.2, 0) is 0 Å². The van der Waals surface area contributed by atoms with E-state index in [1.807, 2.05) is 11.8 Å². The van der Waals surface area contributed by atoms with E-state index in [1.54, 1.807) is 0 Å². The van der Waals surface area contributed by atoms with Crippen LogP contribution in [0.1, 0.15) is 5.56 Å². The Morgan fingerprint density at radius 2 is 1.93 bits per heavy atom. The van der Waals surface area contributed by atoms with E-state index in [-0.39, 0.29) is 13.2 Å². The lowest BCUT2D eigenvalue weighted by Crippen LogP contribution is -2.29. The van der Waals surface area contributed by atoms with Crippen LogP contribution >= 0.6 is 11.5 Å². The van der Waals surface area contributed by atoms with Crippen LogP contribution in [0, 0.1) is 6.92 Å². The lowest BCUT2D eigenvalue weighted by molar-refractivity contribution is 0.281. The molecular weight excluding hydrogens is 202 g/mol. The van der Waals surface area contributed by atoms with Gasteiger partial charge in [0.05, 0.1) is 13.2 Å². The van der Waals surface area contributed by atoms with Gasteiger partial charge in [-0.2, -0.15) is 4.37 Å². The Kier molecular flexibility index (Phi) is 4.12. The molecule has 14 heavy (non-hydrogen) atoms. The average Bonchev–Trinajstić information content (AvgIpc) is 2.48. The van der Waals surface area contributed by atoms with E-state index in [0.717, 1.165) is 10.6 Å². The first-order valence-corrected chi connectivity index (χ1v) is 5.16. The summed E-state index contributed by atoms with van der Waals surface area (Å²) in [5.74, 6) is 0.519. The van der Waals surface area contributed by atoms with Crippen LogP contribution in [0.15, 0.2) is 0 Å². The van der Waals surface area contributed by atoms with Crippen LogP contribution < -0.4 is 10.6 Å². The molecule has 0 bridgehead atoms. The predicted molar refractivity (Wildman–Crippen MR) is 57.6 cm³/mol. The highest BCUT2D eigenvalue weighted by Crippen LogP contribution is 2.28. The summed E-state index contributed by atoms with van der Waals surface area (Å²) < 4.78 is 4.02. The summed E-state index contributed by atoms with van der Waals surface area (Å²) in [6.07, 6.45) is 0. The first-order valence-electron chi connectivity index (χ1n) is 4.39. The molecule has 0 atom stereocenters. The zero-order valence-electron chi connectivity index (χ0n) is 8.10. The zero-order valence-corrected chi connectivity index (χ0v) is 8.92. The molecule has 1 aromatic rings. The van der Waals surface area contributed by atoms with Crippen molar-refractivity contribution < 1.29 is 10.2 Å². The van der Waals surface area contributed by atoms with Gasteiger partial charge in [-0.15, -0.1) is 0 Å². The molecular formula is C8H15N3O2S. The summed E-state index contributed by atoms with van der Waals surface area (Å²) in [5.41, 5.74) is 6.53. The van der Waals surface area contributed by atoms with E-state index in [9.17, 15) is 0 Å². The summed E-state index contributed by atoms with van der Waals surface area (Å²) in [7, 11) is 0. The first-order chi connectivity index (χ1) is 6.70. The maximum Gasteiger partial charge on any atom is 0.142 e. The lowest BCUT2D eigenvalue weighted by Gasteiger charge is -2.21. The van der Waals surface area contributed by atoms with Crippen molar-refractivity contribution in [2.45, 2.75) is 6.92 Å². The molecule has 0 aliphatic heterocycles. The second-order valence-electron chi connectivity index (χ2n) is 2.93. The van der Waals surface area contributed by atoms with Crippen LogP contribution in [0.2, 0.25) is 0 Å². The fraction of sp³-hybridized carbons (Fsp3) is 0.625. The molecule has 0 spiro atoms. The molecule has 0 aliphatic carbocycles. The van der Waals surface area contributed by atoms with Crippen LogP contribution in [0.4, 0.5) is 10.8 Å². The summed E-state index contributed by atoms with van der Waals surface area (Å²) in [4.78, 5) is 1.88. The molecule has 6 heteroatoms. The molecule has 0 fully saturated rings. The zero-order chi connectivity index (χ0) is 10.6. The number of anilines is 2. The number of aliphatic hydroxyl groups excluding tert-OH is 2. The quantitative estimate of drug-likeness (QED) is 0.637. The van der Waals surface area contributed by atoms with Gasteiger partial charge in [0.1, 0.15) is 10.8 Å². The molecule has 0 saturated heterocycles. The van der Waals surface area contributed by atoms with E-state index in [4.69, 9.17) is 15.9 Å². The molecule has 0 saturated carbocycles. The number of hydrogen-bond acceptors (Lipinski definition) is 6. The topological polar surface area (TPSA) is 82.6 Å². The molecule has 1 heterocycles. The molecule has 0 aliphatic rings. The Labute approximate surface area is 86.9 Å². The SMILES string of the molecule is Cc1c(N)nsc1N(CCO)CCO. The Morgan fingerprint density at radius 3 is 2.29 bits per heavy atom. The van der Waals surface area contributed by atoms with Crippen molar-refractivity contribution in [2.75, 3.05) is 36.9 Å². The number of rotatable bonds is 5. The normalized spacial score (nSPS) is 10.5. The summed E-state index contributed by atoms with van der Waals surface area (Å²) >= 11 is 1.29. The van der Waals surface area contributed by atoms with Gasteiger partial charge < -0.3 is 20.8 Å². The Bertz CT molecular complexity index is 284. The van der Waals surface area contributed by atoms with Crippen molar-refractivity contribution >= 4 is 22.4 Å². The monoisotopic (exact) mass is 217 g/mol. The molecule has 1 rings (SSSR count). The number of aliphatic hydroxyl groups is 2. The highest BCUT2D eigenvalue weighted by Gasteiger charge is 2.13. The van der Waals surface area contributed by atoms with Crippen molar-refractivity contribution in [2.24, 2.45) is 0 Å². The van der Waals surface area contributed by atoms with Crippen LogP contribution in [0.3, 0.4) is 0 Å². The van der Waals surface area contributed by atoms with Gasteiger partial charge in [-0.3, -0.25) is 0 Å². The third-order valence-electron chi connectivity index (χ3n) is 1.96. The molecule has 0 amide bonds. The predicted octanol–water partition coefficient (Wildman–Crippen LogP) is -0.175. The fourth-order valence-corrected chi connectivity index (χ4v) is 2.05. The van der Waals surface area contributed by atoms with Crippen molar-refractivity contribution in [1.29, 1.82) is 0 Å². The third kappa shape index (κ3) is 2.34. The van der Waals surface area contributed by atoms with Crippen LogP contribution in [0.25, 0.3) is 0 Å². The molecule has 5 nitrogen and oxygen atoms in total. The second kappa shape index (κ2) is 5.14. The molecule has 4 N–H and O–H groups in total. The maximum atomic E-state index is 8.85. The van der Waals surface area contributed by atoms with Gasteiger partial charge in [-0.05, 0) is 18.5 Å². The van der Waals surface area contributed by atoms with Gasteiger partial charge in [0.25, 0.3) is 0 Å². The van der Waals surface area contributed by atoms with Gasteiger partial charge in [0, 0.05) is 18.7 Å². The standard InChI is InChI=1S/C8H15N3O2S/c1-6-7(9)10-14-8(6)11(2-4-12)3-5-13/h12-13H,2-5H2,1H3,(H2,9,10). The number of hydrogen-bond donors (Lipinski definition) is 3. The van der Waals surface area contributed by atoms with E-state index in [0.29, 0.717) is 18.9 Å². The smallest absolute Gasteiger partial charge is 0.142 e. The fourth-order valence-electron chi connectivity index (χ4n) is 1.19. The van der Waals surface area contributed by atoms with Gasteiger partial charge in [0.15, 0.2) is 0 Å². The van der Waals surface area contributed by atoms with Crippen molar-refractivity contribution in [1.82, 2.24) is 4.37 Å². The summed E-state index contributed by atoms with van der Waals surface area (Å²) in [5, 5.41) is 18.6. The van der Waals surface area contributed by atoms with E-state index < -0.39 is 0 Å². The van der Waals surface area contributed by atoms with Crippen LogP contribution in [0.5, 0.6) is 0 Å². The average molecular weight is 217 g/mol. The Balaban J connectivity index is 2.81. The Morgan fingerprint density at radius 1 is 1.36 bits per heavy atom. The van der Waals surface area contributed by atoms with Crippen molar-refractivity contribution in [3.63, 3.8) is 0 Å². The van der Waals surface area contributed by atoms with Crippen LogP contribution in [-0.4, -0.2) is 40.9 Å². The van der Waals surface area contributed by atoms with Crippen molar-refractivity contribution in [3.05, 3.63) is 5.56 Å². The molecule has 80 valence electrons. The minimum atomic E-state index is 0.0528. The second-order valence-corrected chi connectivity index (χ2v) is 3.68. The minimum Gasteiger partial charge on any atom is -0.395 e. The summed E-state index contributed by atoms with van der Waals surface area (Å²) in [6, 6.07) is 0. The number of nitrogen functional groups attached to an aromatic ring is 1. The van der Waals surface area contributed by atoms with Gasteiger partial charge >= 0.3 is 0 Å². The molecule has 0 aromatic carbocycles. The number of nitrogens with two attached hydrogens (primary N) is 1. The molecule has 1 aromatic heterocycles. The third-order valence-corrected chi connectivity index (χ3v) is 2.99. The van der Waals surface area contributed by atoms with Gasteiger partial charge in [-0.1, -0.05) is 0 Å². The first kappa shape index (κ1) is 11.2. The molecule has 0 radical (unpaired) electrons. The largest absolute Gasteiger partial charge is 0.395 e. The number of nitrogens with zero attached hydrogens (tertiary/aromatic N) is 2. The van der Waals surface area contributed by atoms with E-state index >= 15 is 0 Å². The Hall–Kier alpha value is -0.850. The highest BCUT2D eigenvalue weighted by atomic mass is 32.1.